The summed E-state index contributed by atoms with van der Waals surface area (Å²) in [5, 5.41) is 11.1. The fraction of sp³-hybridized carbons (Fsp3) is 0.731. The van der Waals surface area contributed by atoms with Gasteiger partial charge in [0, 0.05) is 70.1 Å². The van der Waals surface area contributed by atoms with E-state index in [9.17, 15) is 9.90 Å². The number of likely N-dealkylation sites (tertiary alicyclic amines) is 1. The van der Waals surface area contributed by atoms with Crippen molar-refractivity contribution >= 4 is 5.91 Å². The Balaban J connectivity index is 1.39. The van der Waals surface area contributed by atoms with Crippen LogP contribution in [0, 0.1) is 5.92 Å². The van der Waals surface area contributed by atoms with E-state index in [0.29, 0.717) is 38.4 Å². The molecule has 0 radical (unpaired) electrons. The van der Waals surface area contributed by atoms with Crippen molar-refractivity contribution in [2.24, 2.45) is 5.92 Å². The minimum absolute atomic E-state index is 0.105. The third-order valence-electron chi connectivity index (χ3n) is 8.21. The molecule has 1 saturated carbocycles. The highest BCUT2D eigenvalue weighted by Crippen LogP contribution is 2.43. The average molecular weight is 464 g/mol. The van der Waals surface area contributed by atoms with Crippen LogP contribution in [0.1, 0.15) is 57.9 Å². The number of amides is 1. The zero-order valence-electron chi connectivity index (χ0n) is 20.1. The van der Waals surface area contributed by atoms with Crippen molar-refractivity contribution in [2.45, 2.75) is 76.0 Å². The number of piperidine rings is 1. The number of alkyl halides is 2. The molecule has 5 nitrogen and oxygen atoms in total. The van der Waals surface area contributed by atoms with Crippen LogP contribution in [0.2, 0.25) is 0 Å². The Bertz CT molecular complexity index is 788. The van der Waals surface area contributed by atoms with Gasteiger partial charge in [-0.05, 0) is 45.1 Å². The molecule has 2 saturated heterocycles. The summed E-state index contributed by atoms with van der Waals surface area (Å²) in [6, 6.07) is 9.75. The largest absolute Gasteiger partial charge is 0.385 e. The van der Waals surface area contributed by atoms with Gasteiger partial charge in [0.15, 0.2) is 0 Å². The number of benzene rings is 1. The van der Waals surface area contributed by atoms with Gasteiger partial charge in [-0.25, -0.2) is 8.78 Å². The van der Waals surface area contributed by atoms with E-state index in [1.165, 1.54) is 0 Å². The van der Waals surface area contributed by atoms with Crippen LogP contribution in [0.5, 0.6) is 0 Å². The number of carbonyl (C=O) groups excluding carboxylic acids is 1. The monoisotopic (exact) mass is 463 g/mol. The Morgan fingerprint density at radius 1 is 1.03 bits per heavy atom. The maximum atomic E-state index is 15.1. The zero-order valence-corrected chi connectivity index (χ0v) is 20.1. The lowest BCUT2D eigenvalue weighted by molar-refractivity contribution is -0.153. The second kappa shape index (κ2) is 9.96. The Morgan fingerprint density at radius 3 is 2.27 bits per heavy atom. The first-order valence-electron chi connectivity index (χ1n) is 12.6. The first-order valence-corrected chi connectivity index (χ1v) is 12.6. The molecule has 1 amide bonds. The summed E-state index contributed by atoms with van der Waals surface area (Å²) in [5.74, 6) is -3.93. The van der Waals surface area contributed by atoms with Gasteiger partial charge in [0.05, 0.1) is 5.60 Å². The summed E-state index contributed by atoms with van der Waals surface area (Å²) < 4.78 is 30.2. The zero-order chi connectivity index (χ0) is 23.6. The van der Waals surface area contributed by atoms with Gasteiger partial charge in [0.2, 0.25) is 5.91 Å². The SMILES string of the molecule is CC(C)N1CCN([C@H]2CCCC(F)(F)C2CC(=O)N2CCC(O)(c3ccccc3)CC2)CC1. The standard InChI is InChI=1S/C26H39F2N3O2/c1-20(2)29-15-17-30(18-16-29)23-9-6-10-26(27,28)22(23)19-24(32)31-13-11-25(33,12-14-31)21-7-4-3-5-8-21/h3-5,7-8,20,22-23,33H,6,9-19H2,1-2H3/t22?,23-/m0/s1. The van der Waals surface area contributed by atoms with E-state index in [2.05, 4.69) is 23.6 Å². The van der Waals surface area contributed by atoms with Crippen molar-refractivity contribution in [1.82, 2.24) is 14.7 Å². The lowest BCUT2D eigenvalue weighted by atomic mass is 9.77. The summed E-state index contributed by atoms with van der Waals surface area (Å²) in [5.41, 5.74) is -0.0950. The lowest BCUT2D eigenvalue weighted by Gasteiger charge is -2.47. The Morgan fingerprint density at radius 2 is 1.67 bits per heavy atom. The molecule has 7 heteroatoms. The van der Waals surface area contributed by atoms with Crippen molar-refractivity contribution in [3.63, 3.8) is 0 Å². The predicted octanol–water partition coefficient (Wildman–Crippen LogP) is 3.72. The second-order valence-electron chi connectivity index (χ2n) is 10.5. The molecule has 0 bridgehead atoms. The minimum atomic E-state index is -2.81. The molecule has 184 valence electrons. The number of hydrogen-bond donors (Lipinski definition) is 1. The molecule has 1 unspecified atom stereocenters. The number of aliphatic hydroxyl groups is 1. The van der Waals surface area contributed by atoms with Crippen LogP contribution >= 0.6 is 0 Å². The van der Waals surface area contributed by atoms with E-state index in [1.807, 2.05) is 30.3 Å². The molecule has 4 rings (SSSR count). The van der Waals surface area contributed by atoms with Gasteiger partial charge in [0.1, 0.15) is 0 Å². The number of piperazine rings is 1. The Kier molecular flexibility index (Phi) is 7.41. The van der Waals surface area contributed by atoms with Crippen molar-refractivity contribution in [3.8, 4) is 0 Å². The van der Waals surface area contributed by atoms with E-state index in [4.69, 9.17) is 0 Å². The van der Waals surface area contributed by atoms with Crippen LogP contribution in [0.3, 0.4) is 0 Å². The highest BCUT2D eigenvalue weighted by atomic mass is 19.3. The molecule has 2 aliphatic heterocycles. The molecule has 33 heavy (non-hydrogen) atoms. The normalized spacial score (nSPS) is 28.7. The summed E-state index contributed by atoms with van der Waals surface area (Å²) in [4.78, 5) is 19.5. The number of rotatable bonds is 5. The summed E-state index contributed by atoms with van der Waals surface area (Å²) >= 11 is 0. The van der Waals surface area contributed by atoms with Crippen LogP contribution in [0.4, 0.5) is 8.78 Å². The van der Waals surface area contributed by atoms with Crippen LogP contribution in [0.15, 0.2) is 30.3 Å². The van der Waals surface area contributed by atoms with E-state index in [0.717, 1.165) is 38.2 Å². The topological polar surface area (TPSA) is 47.0 Å². The van der Waals surface area contributed by atoms with Crippen molar-refractivity contribution in [2.75, 3.05) is 39.3 Å². The number of hydrogen-bond acceptors (Lipinski definition) is 4. The number of nitrogens with zero attached hydrogens (tertiary/aromatic N) is 3. The third-order valence-corrected chi connectivity index (χ3v) is 8.21. The fourth-order valence-electron chi connectivity index (χ4n) is 6.00. The Hall–Kier alpha value is -1.57. The fourth-order valence-corrected chi connectivity index (χ4v) is 6.00. The van der Waals surface area contributed by atoms with Gasteiger partial charge >= 0.3 is 0 Å². The lowest BCUT2D eigenvalue weighted by Crippen LogP contribution is -2.58. The van der Waals surface area contributed by atoms with E-state index in [1.54, 1.807) is 4.90 Å². The molecule has 2 atom stereocenters. The van der Waals surface area contributed by atoms with Gasteiger partial charge in [-0.15, -0.1) is 0 Å². The number of carbonyl (C=O) groups is 1. The van der Waals surface area contributed by atoms with Gasteiger partial charge < -0.3 is 10.0 Å². The quantitative estimate of drug-likeness (QED) is 0.723. The second-order valence-corrected chi connectivity index (χ2v) is 10.5. The van der Waals surface area contributed by atoms with Gasteiger partial charge in [-0.1, -0.05) is 30.3 Å². The van der Waals surface area contributed by atoms with E-state index < -0.39 is 17.4 Å². The molecule has 1 aliphatic carbocycles. The van der Waals surface area contributed by atoms with E-state index >= 15 is 8.78 Å². The van der Waals surface area contributed by atoms with Gasteiger partial charge in [-0.3, -0.25) is 14.6 Å². The molecule has 1 N–H and O–H groups in total. The molecule has 3 fully saturated rings. The molecular formula is C26H39F2N3O2. The molecule has 0 aromatic heterocycles. The van der Waals surface area contributed by atoms with Crippen molar-refractivity contribution in [1.29, 1.82) is 0 Å². The van der Waals surface area contributed by atoms with Crippen LogP contribution < -0.4 is 0 Å². The summed E-state index contributed by atoms with van der Waals surface area (Å²) in [6.45, 7) is 8.51. The van der Waals surface area contributed by atoms with Crippen LogP contribution in [0.25, 0.3) is 0 Å². The first-order chi connectivity index (χ1) is 15.7. The molecule has 3 aliphatic rings. The molecule has 2 heterocycles. The molecular weight excluding hydrogens is 424 g/mol. The molecule has 1 aromatic rings. The van der Waals surface area contributed by atoms with Gasteiger partial charge in [0.25, 0.3) is 5.92 Å². The summed E-state index contributed by atoms with van der Waals surface area (Å²) in [7, 11) is 0. The number of halogens is 2. The summed E-state index contributed by atoms with van der Waals surface area (Å²) in [6.07, 6.45) is 1.89. The maximum Gasteiger partial charge on any atom is 0.252 e. The van der Waals surface area contributed by atoms with Crippen molar-refractivity contribution in [3.05, 3.63) is 35.9 Å². The average Bonchev–Trinajstić information content (AvgIpc) is 2.81. The minimum Gasteiger partial charge on any atom is -0.385 e. The van der Waals surface area contributed by atoms with Crippen LogP contribution in [-0.2, 0) is 10.4 Å². The Labute approximate surface area is 196 Å². The smallest absolute Gasteiger partial charge is 0.252 e. The van der Waals surface area contributed by atoms with Crippen molar-refractivity contribution < 1.29 is 18.7 Å². The van der Waals surface area contributed by atoms with E-state index in [-0.39, 0.29) is 24.8 Å². The highest BCUT2D eigenvalue weighted by molar-refractivity contribution is 5.76. The highest BCUT2D eigenvalue weighted by Gasteiger charge is 2.50. The first kappa shape index (κ1) is 24.6. The maximum absolute atomic E-state index is 15.1. The predicted molar refractivity (Wildman–Crippen MR) is 125 cm³/mol. The molecule has 1 aromatic carbocycles. The van der Waals surface area contributed by atoms with Crippen LogP contribution in [-0.4, -0.2) is 83.0 Å². The third kappa shape index (κ3) is 5.41. The molecule has 0 spiro atoms. The van der Waals surface area contributed by atoms with Gasteiger partial charge in [-0.2, -0.15) is 0 Å².